The van der Waals surface area contributed by atoms with Crippen LogP contribution in [0.1, 0.15) is 31.6 Å². The molecule has 92 valence electrons. The number of rotatable bonds is 4. The third kappa shape index (κ3) is 3.06. The molecule has 2 N–H and O–H groups in total. The van der Waals surface area contributed by atoms with Gasteiger partial charge in [-0.15, -0.1) is 0 Å². The quantitative estimate of drug-likeness (QED) is 0.812. The fraction of sp³-hybridized carbons (Fsp3) is 0.636. The first kappa shape index (κ1) is 14.6. The van der Waals surface area contributed by atoms with E-state index in [2.05, 4.69) is 10.3 Å². The molecule has 0 spiro atoms. The number of hydrogen-bond donors (Lipinski definition) is 2. The average Bonchev–Trinajstić information content (AvgIpc) is 2.42. The average molecular weight is 227 g/mol. The Balaban J connectivity index is 0.00000225. The van der Waals surface area contributed by atoms with Gasteiger partial charge in [0.1, 0.15) is 11.9 Å². The van der Waals surface area contributed by atoms with Crippen molar-refractivity contribution in [1.29, 1.82) is 0 Å². The summed E-state index contributed by atoms with van der Waals surface area (Å²) in [4.78, 5) is 14.9. The van der Waals surface area contributed by atoms with Gasteiger partial charge in [-0.3, -0.25) is 10.1 Å². The van der Waals surface area contributed by atoms with Crippen LogP contribution in [0.2, 0.25) is 0 Å². The highest BCUT2D eigenvalue weighted by Crippen LogP contribution is 2.07. The predicted octanol–water partition coefficient (Wildman–Crippen LogP) is 1.24. The number of nitrogens with zero attached hydrogens (tertiary/aromatic N) is 2. The molecule has 16 heavy (non-hydrogen) atoms. The maximum Gasteiger partial charge on any atom is 0.320 e. The molecule has 0 fully saturated rings. The van der Waals surface area contributed by atoms with Crippen LogP contribution in [0.4, 0.5) is 0 Å². The van der Waals surface area contributed by atoms with E-state index < -0.39 is 12.0 Å². The summed E-state index contributed by atoms with van der Waals surface area (Å²) < 4.78 is 1.97. The second kappa shape index (κ2) is 5.65. The van der Waals surface area contributed by atoms with Crippen molar-refractivity contribution in [3.63, 3.8) is 0 Å². The fourth-order valence-electron chi connectivity index (χ4n) is 1.28. The highest BCUT2D eigenvalue weighted by molar-refractivity contribution is 5.72. The van der Waals surface area contributed by atoms with Gasteiger partial charge in [-0.1, -0.05) is 7.43 Å². The minimum absolute atomic E-state index is 0. The molecule has 1 unspecified atom stereocenters. The first-order valence-electron chi connectivity index (χ1n) is 4.88. The number of nitrogens with one attached hydrogen (secondary N) is 1. The number of aromatic nitrogens is 2. The van der Waals surface area contributed by atoms with Crippen molar-refractivity contribution in [3.05, 3.63) is 17.2 Å². The molecule has 1 rings (SSSR count). The van der Waals surface area contributed by atoms with E-state index in [0.29, 0.717) is 6.54 Å². The van der Waals surface area contributed by atoms with Gasteiger partial charge in [0.25, 0.3) is 0 Å². The Bertz CT molecular complexity index is 372. The van der Waals surface area contributed by atoms with Gasteiger partial charge < -0.3 is 9.67 Å². The van der Waals surface area contributed by atoms with Crippen LogP contribution in [0.15, 0.2) is 0 Å². The fourth-order valence-corrected chi connectivity index (χ4v) is 1.28. The largest absolute Gasteiger partial charge is 0.480 e. The number of carboxylic acid groups (broad SMARTS) is 1. The molecule has 1 aromatic rings. The van der Waals surface area contributed by atoms with Crippen LogP contribution in [-0.2, 0) is 18.4 Å². The molecule has 0 bridgehead atoms. The zero-order chi connectivity index (χ0) is 11.6. The number of hydrogen-bond acceptors (Lipinski definition) is 3. The molecule has 0 saturated carbocycles. The van der Waals surface area contributed by atoms with Crippen LogP contribution in [0.5, 0.6) is 0 Å². The number of aryl methyl sites for hydroxylation is 1. The molecule has 0 aliphatic rings. The minimum atomic E-state index is -0.849. The van der Waals surface area contributed by atoms with Crippen molar-refractivity contribution < 1.29 is 9.90 Å². The number of carboxylic acids is 1. The molecule has 1 heterocycles. The summed E-state index contributed by atoms with van der Waals surface area (Å²) in [5.41, 5.74) is 2.09. The summed E-state index contributed by atoms with van der Waals surface area (Å²) in [6, 6.07) is -0.553. The van der Waals surface area contributed by atoms with Gasteiger partial charge in [0.05, 0.1) is 12.2 Å². The Hall–Kier alpha value is -1.36. The van der Waals surface area contributed by atoms with E-state index in [1.807, 2.05) is 25.5 Å². The van der Waals surface area contributed by atoms with Gasteiger partial charge in [0.15, 0.2) is 0 Å². The van der Waals surface area contributed by atoms with Gasteiger partial charge in [-0.25, -0.2) is 4.98 Å². The Morgan fingerprint density at radius 1 is 1.56 bits per heavy atom. The molecule has 0 aromatic carbocycles. The summed E-state index contributed by atoms with van der Waals surface area (Å²) in [5, 5.41) is 11.6. The molecule has 1 aromatic heterocycles. The molecule has 0 aliphatic heterocycles. The molecule has 5 heteroatoms. The minimum Gasteiger partial charge on any atom is -0.480 e. The van der Waals surface area contributed by atoms with Crippen molar-refractivity contribution in [2.75, 3.05) is 0 Å². The third-order valence-corrected chi connectivity index (χ3v) is 2.65. The highest BCUT2D eigenvalue weighted by atomic mass is 16.4. The molecule has 0 saturated heterocycles. The van der Waals surface area contributed by atoms with Crippen LogP contribution in [0, 0.1) is 13.8 Å². The van der Waals surface area contributed by atoms with Crippen LogP contribution < -0.4 is 5.32 Å². The highest BCUT2D eigenvalue weighted by Gasteiger charge is 2.12. The maximum absolute atomic E-state index is 10.6. The van der Waals surface area contributed by atoms with Gasteiger partial charge in [-0.2, -0.15) is 0 Å². The van der Waals surface area contributed by atoms with Crippen molar-refractivity contribution in [2.24, 2.45) is 7.05 Å². The van der Waals surface area contributed by atoms with E-state index >= 15 is 0 Å². The van der Waals surface area contributed by atoms with E-state index in [0.717, 1.165) is 17.2 Å². The lowest BCUT2D eigenvalue weighted by molar-refractivity contribution is -0.139. The zero-order valence-corrected chi connectivity index (χ0v) is 9.53. The van der Waals surface area contributed by atoms with E-state index in [4.69, 9.17) is 5.11 Å². The van der Waals surface area contributed by atoms with Crippen LogP contribution >= 0.6 is 0 Å². The van der Waals surface area contributed by atoms with Gasteiger partial charge >= 0.3 is 5.97 Å². The van der Waals surface area contributed by atoms with E-state index in [1.165, 1.54) is 0 Å². The second-order valence-corrected chi connectivity index (χ2v) is 3.70. The monoisotopic (exact) mass is 227 g/mol. The predicted molar refractivity (Wildman–Crippen MR) is 63.4 cm³/mol. The summed E-state index contributed by atoms with van der Waals surface area (Å²) >= 11 is 0. The van der Waals surface area contributed by atoms with Crippen LogP contribution in [0.25, 0.3) is 0 Å². The van der Waals surface area contributed by atoms with Crippen molar-refractivity contribution in [2.45, 2.75) is 40.8 Å². The van der Waals surface area contributed by atoms with Crippen LogP contribution in [0.3, 0.4) is 0 Å². The number of imidazole rings is 1. The molecule has 0 radical (unpaired) electrons. The molecular formula is C11H21N3O2. The number of carbonyl (C=O) groups is 1. The lowest BCUT2D eigenvalue weighted by atomic mass is 10.3. The van der Waals surface area contributed by atoms with Crippen LogP contribution in [-0.4, -0.2) is 26.7 Å². The third-order valence-electron chi connectivity index (χ3n) is 2.65. The Morgan fingerprint density at radius 2 is 2.12 bits per heavy atom. The first-order valence-corrected chi connectivity index (χ1v) is 4.88. The number of aliphatic carboxylic acids is 1. The normalized spacial score (nSPS) is 12.0. The van der Waals surface area contributed by atoms with Gasteiger partial charge in [0.2, 0.25) is 0 Å². The Labute approximate surface area is 96.5 Å². The SMILES string of the molecule is C.Cc1nc(CNC(C)C(=O)O)n(C)c1C. The summed E-state index contributed by atoms with van der Waals surface area (Å²) in [6.07, 6.45) is 0. The first-order chi connectivity index (χ1) is 6.93. The molecule has 5 nitrogen and oxygen atoms in total. The second-order valence-electron chi connectivity index (χ2n) is 3.70. The van der Waals surface area contributed by atoms with Crippen molar-refractivity contribution in [1.82, 2.24) is 14.9 Å². The van der Waals surface area contributed by atoms with Crippen molar-refractivity contribution >= 4 is 5.97 Å². The summed E-state index contributed by atoms with van der Waals surface area (Å²) in [6.45, 7) is 6.02. The van der Waals surface area contributed by atoms with Gasteiger partial charge in [-0.05, 0) is 20.8 Å². The Kier molecular flexibility index (Phi) is 5.17. The standard InChI is InChI=1S/C10H17N3O2.CH4/c1-6-8(3)13(4)9(12-6)5-11-7(2)10(14)15;/h7,11H,5H2,1-4H3,(H,14,15);1H4. The summed E-state index contributed by atoms with van der Waals surface area (Å²) in [5.74, 6) is 0.00996. The lowest BCUT2D eigenvalue weighted by Crippen LogP contribution is -2.33. The van der Waals surface area contributed by atoms with E-state index in [-0.39, 0.29) is 7.43 Å². The van der Waals surface area contributed by atoms with Crippen molar-refractivity contribution in [3.8, 4) is 0 Å². The smallest absolute Gasteiger partial charge is 0.320 e. The molecule has 0 aliphatic carbocycles. The Morgan fingerprint density at radius 3 is 2.50 bits per heavy atom. The summed E-state index contributed by atoms with van der Waals surface area (Å²) in [7, 11) is 1.93. The maximum atomic E-state index is 10.6. The van der Waals surface area contributed by atoms with Gasteiger partial charge in [0, 0.05) is 12.7 Å². The molecule has 1 atom stereocenters. The van der Waals surface area contributed by atoms with E-state index in [1.54, 1.807) is 6.92 Å². The topological polar surface area (TPSA) is 67.2 Å². The zero-order valence-electron chi connectivity index (χ0n) is 9.53. The molecular weight excluding hydrogens is 206 g/mol. The lowest BCUT2D eigenvalue weighted by Gasteiger charge is -2.08. The molecule has 0 amide bonds. The van der Waals surface area contributed by atoms with E-state index in [9.17, 15) is 4.79 Å².